The van der Waals surface area contributed by atoms with Crippen LogP contribution >= 0.6 is 0 Å². The Kier molecular flexibility index (Phi) is 2.04. The largest absolute Gasteiger partial charge is 0.322 e. The number of carbonyl (C=O) groups excluding carboxylic acids is 2. The zero-order chi connectivity index (χ0) is 10.1. The van der Waals surface area contributed by atoms with Crippen molar-refractivity contribution in [1.82, 2.24) is 5.32 Å². The minimum atomic E-state index is -0.534. The molecule has 2 rings (SSSR count). The van der Waals surface area contributed by atoms with Crippen LogP contribution < -0.4 is 5.32 Å². The number of nitrogens with one attached hydrogen (secondary N) is 1. The number of nitrogens with zero attached hydrogens (tertiary/aromatic N) is 1. The van der Waals surface area contributed by atoms with Crippen LogP contribution in [0.4, 0.5) is 0 Å². The van der Waals surface area contributed by atoms with Crippen molar-refractivity contribution in [3.63, 3.8) is 0 Å². The third kappa shape index (κ3) is 1.19. The molecule has 1 amide bonds. The highest BCUT2D eigenvalue weighted by atomic mass is 16.2. The molecule has 1 aliphatic carbocycles. The van der Waals surface area contributed by atoms with Gasteiger partial charge in [0.1, 0.15) is 5.92 Å². The van der Waals surface area contributed by atoms with Crippen LogP contribution in [0, 0.1) is 5.92 Å². The van der Waals surface area contributed by atoms with Crippen LogP contribution in [0.5, 0.6) is 0 Å². The van der Waals surface area contributed by atoms with Gasteiger partial charge < -0.3 is 5.32 Å². The topological polar surface area (TPSA) is 58.5 Å². The molecule has 1 unspecified atom stereocenters. The lowest BCUT2D eigenvalue weighted by atomic mass is 9.94. The number of aliphatic imine (C=N–C) groups is 1. The van der Waals surface area contributed by atoms with Gasteiger partial charge in [-0.3, -0.25) is 14.6 Å². The maximum Gasteiger partial charge on any atom is 0.292 e. The molecular weight excluding hydrogens is 180 g/mol. The normalized spacial score (nSPS) is 27.6. The Balaban J connectivity index is 2.40. The summed E-state index contributed by atoms with van der Waals surface area (Å²) in [5, 5.41) is 2.53. The number of fused-ring (bicyclic) bond motifs is 1. The van der Waals surface area contributed by atoms with E-state index in [1.54, 1.807) is 18.2 Å². The molecule has 1 atom stereocenters. The van der Waals surface area contributed by atoms with Crippen molar-refractivity contribution in [2.24, 2.45) is 10.9 Å². The van der Waals surface area contributed by atoms with Crippen LogP contribution in [0.1, 0.15) is 6.92 Å². The van der Waals surface area contributed by atoms with Crippen molar-refractivity contribution in [2.45, 2.75) is 6.92 Å². The first-order valence-electron chi connectivity index (χ1n) is 4.52. The van der Waals surface area contributed by atoms with E-state index in [9.17, 15) is 9.59 Å². The Morgan fingerprint density at radius 2 is 2.29 bits per heavy atom. The van der Waals surface area contributed by atoms with Crippen LogP contribution in [0.2, 0.25) is 0 Å². The van der Waals surface area contributed by atoms with Gasteiger partial charge in [-0.05, 0) is 19.1 Å². The average Bonchev–Trinajstić information content (AvgIpc) is 2.45. The molecule has 0 aromatic heterocycles. The second-order valence-electron chi connectivity index (χ2n) is 3.13. The minimum absolute atomic E-state index is 0.409. The summed E-state index contributed by atoms with van der Waals surface area (Å²) < 4.78 is 0. The van der Waals surface area contributed by atoms with Crippen molar-refractivity contribution >= 4 is 17.4 Å². The molecule has 0 bridgehead atoms. The second-order valence-corrected chi connectivity index (χ2v) is 3.13. The van der Waals surface area contributed by atoms with Crippen LogP contribution in [-0.2, 0) is 9.59 Å². The average molecular weight is 190 g/mol. The Labute approximate surface area is 81.4 Å². The van der Waals surface area contributed by atoms with Gasteiger partial charge >= 0.3 is 0 Å². The predicted octanol–water partition coefficient (Wildman–Crippen LogP) is 0.216. The number of carbonyl (C=O) groups is 2. The molecule has 0 saturated carbocycles. The van der Waals surface area contributed by atoms with Crippen molar-refractivity contribution in [2.75, 3.05) is 6.54 Å². The number of ketones is 1. The molecule has 2 aliphatic rings. The lowest BCUT2D eigenvalue weighted by Crippen LogP contribution is -2.23. The van der Waals surface area contributed by atoms with Gasteiger partial charge in [0.05, 0.1) is 5.71 Å². The fourth-order valence-electron chi connectivity index (χ4n) is 1.64. The third-order valence-electron chi connectivity index (χ3n) is 2.23. The third-order valence-corrected chi connectivity index (χ3v) is 2.23. The first-order valence-corrected chi connectivity index (χ1v) is 4.52. The molecule has 72 valence electrons. The lowest BCUT2D eigenvalue weighted by Gasteiger charge is -2.12. The summed E-state index contributed by atoms with van der Waals surface area (Å²) in [7, 11) is 0. The van der Waals surface area contributed by atoms with E-state index in [1.807, 2.05) is 6.92 Å². The van der Waals surface area contributed by atoms with Crippen LogP contribution in [-0.4, -0.2) is 23.9 Å². The van der Waals surface area contributed by atoms with Gasteiger partial charge in [-0.2, -0.15) is 0 Å². The van der Waals surface area contributed by atoms with Crippen molar-refractivity contribution < 1.29 is 9.59 Å². The number of Topliss-reactive ketones (excluding diaryl/α,β-unsaturated/α-hetero) is 1. The number of rotatable bonds is 1. The molecule has 14 heavy (non-hydrogen) atoms. The fourth-order valence-corrected chi connectivity index (χ4v) is 1.64. The van der Waals surface area contributed by atoms with Crippen molar-refractivity contribution in [1.29, 1.82) is 0 Å². The van der Waals surface area contributed by atoms with E-state index >= 15 is 0 Å². The summed E-state index contributed by atoms with van der Waals surface area (Å²) in [6, 6.07) is 0. The van der Waals surface area contributed by atoms with E-state index in [-0.39, 0.29) is 0 Å². The number of hydrogen-bond donors (Lipinski definition) is 1. The quantitative estimate of drug-likeness (QED) is 0.601. The van der Waals surface area contributed by atoms with Gasteiger partial charge in [-0.25, -0.2) is 0 Å². The van der Waals surface area contributed by atoms with Gasteiger partial charge in [0.15, 0.2) is 0 Å². The number of allylic oxidation sites excluding steroid dienone is 4. The minimum Gasteiger partial charge on any atom is -0.322 e. The van der Waals surface area contributed by atoms with Gasteiger partial charge in [-0.1, -0.05) is 6.08 Å². The van der Waals surface area contributed by atoms with E-state index in [4.69, 9.17) is 0 Å². The van der Waals surface area contributed by atoms with Gasteiger partial charge in [0.2, 0.25) is 5.78 Å². The Hall–Kier alpha value is -1.71. The standard InChI is InChI=1S/C10H10N2O2/c1-2-11-6-4-3-5-7-8(6)9(13)10(14)12-7/h3-5,8H,2H2,1H3,(H,12,14). The molecule has 4 heteroatoms. The monoisotopic (exact) mass is 190 g/mol. The van der Waals surface area contributed by atoms with E-state index in [1.165, 1.54) is 0 Å². The smallest absolute Gasteiger partial charge is 0.292 e. The summed E-state index contributed by atoms with van der Waals surface area (Å²) in [5.74, 6) is -1.42. The molecule has 1 N–H and O–H groups in total. The van der Waals surface area contributed by atoms with E-state index < -0.39 is 17.6 Å². The van der Waals surface area contributed by atoms with Crippen molar-refractivity contribution in [3.8, 4) is 0 Å². The first-order chi connectivity index (χ1) is 6.74. The van der Waals surface area contributed by atoms with Gasteiger partial charge in [0, 0.05) is 12.2 Å². The van der Waals surface area contributed by atoms with E-state index in [0.29, 0.717) is 18.0 Å². The van der Waals surface area contributed by atoms with Gasteiger partial charge in [-0.15, -0.1) is 0 Å². The van der Waals surface area contributed by atoms with Crippen LogP contribution in [0.3, 0.4) is 0 Å². The highest BCUT2D eigenvalue weighted by Gasteiger charge is 2.40. The maximum absolute atomic E-state index is 11.5. The highest BCUT2D eigenvalue weighted by molar-refractivity contribution is 6.45. The van der Waals surface area contributed by atoms with Crippen LogP contribution in [0.15, 0.2) is 28.9 Å². The Morgan fingerprint density at radius 1 is 1.50 bits per heavy atom. The van der Waals surface area contributed by atoms with Gasteiger partial charge in [0.25, 0.3) is 5.91 Å². The summed E-state index contributed by atoms with van der Waals surface area (Å²) in [4.78, 5) is 26.8. The molecule has 1 saturated heterocycles. The molecule has 0 radical (unpaired) electrons. The first kappa shape index (κ1) is 8.87. The highest BCUT2D eigenvalue weighted by Crippen LogP contribution is 2.22. The summed E-state index contributed by atoms with van der Waals surface area (Å²) in [5.41, 5.74) is 1.32. The second kappa shape index (κ2) is 3.21. The molecular formula is C10H10N2O2. The Morgan fingerprint density at radius 3 is 3.00 bits per heavy atom. The van der Waals surface area contributed by atoms with E-state index in [2.05, 4.69) is 10.3 Å². The molecule has 1 fully saturated rings. The number of hydrogen-bond acceptors (Lipinski definition) is 3. The number of amides is 1. The fraction of sp³-hybridized carbons (Fsp3) is 0.300. The molecule has 1 heterocycles. The molecule has 4 nitrogen and oxygen atoms in total. The van der Waals surface area contributed by atoms with Crippen LogP contribution in [0.25, 0.3) is 0 Å². The predicted molar refractivity (Wildman–Crippen MR) is 51.8 cm³/mol. The molecule has 0 spiro atoms. The SMILES string of the molecule is CCN=C1C=CC=C2NC(=O)C(=O)C21. The maximum atomic E-state index is 11.5. The zero-order valence-corrected chi connectivity index (χ0v) is 7.78. The molecule has 0 aromatic rings. The zero-order valence-electron chi connectivity index (χ0n) is 7.78. The molecule has 1 aliphatic heterocycles. The summed E-state index contributed by atoms with van der Waals surface area (Å²) in [6.45, 7) is 2.51. The Bertz CT molecular complexity index is 391. The summed E-state index contributed by atoms with van der Waals surface area (Å²) >= 11 is 0. The summed E-state index contributed by atoms with van der Waals surface area (Å²) in [6.07, 6.45) is 5.30. The van der Waals surface area contributed by atoms with E-state index in [0.717, 1.165) is 0 Å². The lowest BCUT2D eigenvalue weighted by molar-refractivity contribution is -0.135. The molecule has 0 aromatic carbocycles. The van der Waals surface area contributed by atoms with Crippen molar-refractivity contribution in [3.05, 3.63) is 23.9 Å².